The molecule has 1 saturated heterocycles. The topological polar surface area (TPSA) is 37.4 Å². The van der Waals surface area contributed by atoms with Crippen LogP contribution < -0.4 is 0 Å². The van der Waals surface area contributed by atoms with Crippen molar-refractivity contribution in [2.24, 2.45) is 5.92 Å². The van der Waals surface area contributed by atoms with Gasteiger partial charge in [-0.2, -0.15) is 0 Å². The van der Waals surface area contributed by atoms with Gasteiger partial charge in [0.25, 0.3) is 0 Å². The molecule has 0 aromatic carbocycles. The van der Waals surface area contributed by atoms with Gasteiger partial charge in [0, 0.05) is 13.1 Å². The molecule has 5 heteroatoms. The summed E-state index contributed by atoms with van der Waals surface area (Å²) < 4.78 is 24.3. The van der Waals surface area contributed by atoms with Crippen LogP contribution in [0.3, 0.4) is 0 Å². The van der Waals surface area contributed by atoms with Crippen LogP contribution in [0.5, 0.6) is 0 Å². The minimum Gasteiger partial charge on any atom is -0.292 e. The number of hydrogen-bond donors (Lipinski definition) is 0. The number of hydrogen-bond acceptors (Lipinski definition) is 4. The van der Waals surface area contributed by atoms with E-state index >= 15 is 0 Å². The van der Waals surface area contributed by atoms with Crippen LogP contribution in [-0.2, 0) is 9.84 Å². The van der Waals surface area contributed by atoms with Gasteiger partial charge in [-0.05, 0) is 44.8 Å². The van der Waals surface area contributed by atoms with Crippen LogP contribution in [0.15, 0.2) is 0 Å². The quantitative estimate of drug-likeness (QED) is 0.770. The summed E-state index contributed by atoms with van der Waals surface area (Å²) in [5.74, 6) is 0.943. The minimum absolute atomic E-state index is 0.0617. The van der Waals surface area contributed by atoms with E-state index in [2.05, 4.69) is 18.1 Å². The monoisotopic (exact) mass is 277 g/mol. The summed E-state index contributed by atoms with van der Waals surface area (Å²) in [6.45, 7) is 4.08. The summed E-state index contributed by atoms with van der Waals surface area (Å²) >= 11 is 1.84. The fourth-order valence-electron chi connectivity index (χ4n) is 2.50. The van der Waals surface area contributed by atoms with E-state index in [0.29, 0.717) is 17.0 Å². The first kappa shape index (κ1) is 13.7. The van der Waals surface area contributed by atoms with Crippen molar-refractivity contribution < 1.29 is 8.42 Å². The first-order chi connectivity index (χ1) is 8.03. The molecular weight excluding hydrogens is 254 g/mol. The molecule has 0 spiro atoms. The van der Waals surface area contributed by atoms with E-state index < -0.39 is 9.84 Å². The molecule has 2 aliphatic rings. The normalized spacial score (nSPS) is 26.0. The highest BCUT2D eigenvalue weighted by molar-refractivity contribution is 7.99. The standard InChI is InChI=1S/C12H23NO2S2/c1-10(16-2)13-7-5-12(6-8-13)17(14,15)9-11-3-4-11/h10-12H,3-9H2,1-2H3. The van der Waals surface area contributed by atoms with E-state index in [4.69, 9.17) is 0 Å². The molecule has 0 aromatic heterocycles. The van der Waals surface area contributed by atoms with Crippen LogP contribution in [-0.4, -0.2) is 49.0 Å². The molecule has 1 aliphatic heterocycles. The summed E-state index contributed by atoms with van der Waals surface area (Å²) in [5.41, 5.74) is 0. The summed E-state index contributed by atoms with van der Waals surface area (Å²) in [4.78, 5) is 2.40. The van der Waals surface area contributed by atoms with Gasteiger partial charge in [0.1, 0.15) is 0 Å². The Kier molecular flexibility index (Phi) is 4.42. The Morgan fingerprint density at radius 2 is 1.82 bits per heavy atom. The Morgan fingerprint density at radius 1 is 1.24 bits per heavy atom. The second kappa shape index (κ2) is 5.49. The van der Waals surface area contributed by atoms with Gasteiger partial charge >= 0.3 is 0 Å². The van der Waals surface area contributed by atoms with Gasteiger partial charge in [0.2, 0.25) is 0 Å². The van der Waals surface area contributed by atoms with E-state index in [1.54, 1.807) is 0 Å². The lowest BCUT2D eigenvalue weighted by Gasteiger charge is -2.35. The van der Waals surface area contributed by atoms with Crippen molar-refractivity contribution in [2.45, 2.75) is 43.2 Å². The molecule has 3 nitrogen and oxygen atoms in total. The van der Waals surface area contributed by atoms with Gasteiger partial charge in [-0.3, -0.25) is 4.90 Å². The second-order valence-corrected chi connectivity index (χ2v) is 8.82. The predicted molar refractivity (Wildman–Crippen MR) is 74.1 cm³/mol. The van der Waals surface area contributed by atoms with E-state index in [1.807, 2.05) is 11.8 Å². The smallest absolute Gasteiger partial charge is 0.153 e. The molecule has 100 valence electrons. The Morgan fingerprint density at radius 3 is 2.29 bits per heavy atom. The lowest BCUT2D eigenvalue weighted by Crippen LogP contribution is -2.43. The third-order valence-electron chi connectivity index (χ3n) is 4.00. The van der Waals surface area contributed by atoms with E-state index in [1.165, 1.54) is 0 Å². The molecule has 1 saturated carbocycles. The maximum absolute atomic E-state index is 12.2. The number of nitrogens with zero attached hydrogens (tertiary/aromatic N) is 1. The van der Waals surface area contributed by atoms with Crippen molar-refractivity contribution in [3.63, 3.8) is 0 Å². The molecule has 1 aliphatic carbocycles. The van der Waals surface area contributed by atoms with Crippen molar-refractivity contribution in [1.29, 1.82) is 0 Å². The second-order valence-electron chi connectivity index (χ2n) is 5.34. The Bertz CT molecular complexity index is 344. The molecule has 0 N–H and O–H groups in total. The van der Waals surface area contributed by atoms with Crippen LogP contribution in [0.2, 0.25) is 0 Å². The highest BCUT2D eigenvalue weighted by Gasteiger charge is 2.35. The lowest BCUT2D eigenvalue weighted by atomic mass is 10.1. The fraction of sp³-hybridized carbons (Fsp3) is 1.00. The molecule has 2 rings (SSSR count). The van der Waals surface area contributed by atoms with Gasteiger partial charge in [-0.25, -0.2) is 8.42 Å². The summed E-state index contributed by atoms with van der Waals surface area (Å²) in [6.07, 6.45) is 6.03. The maximum Gasteiger partial charge on any atom is 0.153 e. The van der Waals surface area contributed by atoms with Crippen molar-refractivity contribution in [1.82, 2.24) is 4.90 Å². The summed E-state index contributed by atoms with van der Waals surface area (Å²) in [6, 6.07) is 0. The van der Waals surface area contributed by atoms with Gasteiger partial charge in [-0.1, -0.05) is 0 Å². The van der Waals surface area contributed by atoms with Crippen molar-refractivity contribution in [3.8, 4) is 0 Å². The van der Waals surface area contributed by atoms with E-state index in [9.17, 15) is 8.42 Å². The molecular formula is C12H23NO2S2. The minimum atomic E-state index is -2.81. The fourth-order valence-corrected chi connectivity index (χ4v) is 5.20. The average Bonchev–Trinajstić information content (AvgIpc) is 3.11. The van der Waals surface area contributed by atoms with Crippen LogP contribution in [0.1, 0.15) is 32.6 Å². The van der Waals surface area contributed by atoms with Gasteiger partial charge < -0.3 is 0 Å². The van der Waals surface area contributed by atoms with E-state index in [0.717, 1.165) is 38.8 Å². The van der Waals surface area contributed by atoms with Gasteiger partial charge in [-0.15, -0.1) is 11.8 Å². The molecule has 1 atom stereocenters. The zero-order chi connectivity index (χ0) is 12.5. The SMILES string of the molecule is CSC(C)N1CCC(S(=O)(=O)CC2CC2)CC1. The van der Waals surface area contributed by atoms with Crippen LogP contribution in [0.25, 0.3) is 0 Å². The molecule has 1 heterocycles. The van der Waals surface area contributed by atoms with E-state index in [-0.39, 0.29) is 5.25 Å². The number of piperidine rings is 1. The zero-order valence-electron chi connectivity index (χ0n) is 10.8. The molecule has 17 heavy (non-hydrogen) atoms. The van der Waals surface area contributed by atoms with Crippen LogP contribution >= 0.6 is 11.8 Å². The third kappa shape index (κ3) is 3.61. The molecule has 0 radical (unpaired) electrons. The predicted octanol–water partition coefficient (Wildman–Crippen LogP) is 1.98. The molecule has 1 unspecified atom stereocenters. The largest absolute Gasteiger partial charge is 0.292 e. The molecule has 0 amide bonds. The number of thioether (sulfide) groups is 1. The van der Waals surface area contributed by atoms with Gasteiger partial charge in [0.05, 0.1) is 16.4 Å². The Labute approximate surface area is 109 Å². The number of sulfone groups is 1. The number of likely N-dealkylation sites (tertiary alicyclic amines) is 1. The number of rotatable bonds is 5. The van der Waals surface area contributed by atoms with Crippen molar-refractivity contribution >= 4 is 21.6 Å². The molecule has 0 aromatic rings. The van der Waals surface area contributed by atoms with Crippen molar-refractivity contribution in [3.05, 3.63) is 0 Å². The Hall–Kier alpha value is 0.260. The molecule has 0 bridgehead atoms. The third-order valence-corrected chi connectivity index (χ3v) is 7.41. The highest BCUT2D eigenvalue weighted by Crippen LogP contribution is 2.33. The first-order valence-corrected chi connectivity index (χ1v) is 9.51. The zero-order valence-corrected chi connectivity index (χ0v) is 12.4. The summed E-state index contributed by atoms with van der Waals surface area (Å²) in [5, 5.41) is 0.454. The average molecular weight is 277 g/mol. The van der Waals surface area contributed by atoms with Crippen molar-refractivity contribution in [2.75, 3.05) is 25.1 Å². The van der Waals surface area contributed by atoms with Crippen LogP contribution in [0, 0.1) is 5.92 Å². The Balaban J connectivity index is 1.85. The van der Waals surface area contributed by atoms with Crippen LogP contribution in [0.4, 0.5) is 0 Å². The molecule has 2 fully saturated rings. The maximum atomic E-state index is 12.2. The highest BCUT2D eigenvalue weighted by atomic mass is 32.2. The lowest BCUT2D eigenvalue weighted by molar-refractivity contribution is 0.223. The van der Waals surface area contributed by atoms with Gasteiger partial charge in [0.15, 0.2) is 9.84 Å². The first-order valence-electron chi connectivity index (χ1n) is 6.51. The summed E-state index contributed by atoms with van der Waals surface area (Å²) in [7, 11) is -2.81.